The highest BCUT2D eigenvalue weighted by Crippen LogP contribution is 2.21. The van der Waals surface area contributed by atoms with Crippen molar-refractivity contribution in [2.24, 2.45) is 0 Å². The predicted octanol–water partition coefficient (Wildman–Crippen LogP) is 2.76. The summed E-state index contributed by atoms with van der Waals surface area (Å²) in [5.74, 6) is 0.562. The first-order chi connectivity index (χ1) is 14.0. The van der Waals surface area contributed by atoms with Crippen molar-refractivity contribution in [1.82, 2.24) is 24.6 Å². The molecular weight excluding hydrogens is 366 g/mol. The molecule has 0 bridgehead atoms. The van der Waals surface area contributed by atoms with E-state index < -0.39 is 0 Å². The van der Waals surface area contributed by atoms with Gasteiger partial charge in [0.2, 0.25) is 5.91 Å². The van der Waals surface area contributed by atoms with Gasteiger partial charge in [-0.05, 0) is 57.2 Å². The molecule has 29 heavy (non-hydrogen) atoms. The second-order valence-electron chi connectivity index (χ2n) is 7.93. The molecule has 7 nitrogen and oxygen atoms in total. The molecule has 0 saturated heterocycles. The van der Waals surface area contributed by atoms with Crippen molar-refractivity contribution in [2.75, 3.05) is 0 Å². The second-order valence-corrected chi connectivity index (χ2v) is 7.93. The number of carbonyl (C=O) groups excluding carboxylic acids is 1. The lowest BCUT2D eigenvalue weighted by atomic mass is 10.1. The topological polar surface area (TPSA) is 81.8 Å². The van der Waals surface area contributed by atoms with Gasteiger partial charge in [-0.25, -0.2) is 9.67 Å². The minimum atomic E-state index is -0.240. The molecule has 1 N–H and O–H groups in total. The van der Waals surface area contributed by atoms with Gasteiger partial charge in [0.1, 0.15) is 12.4 Å². The summed E-state index contributed by atoms with van der Waals surface area (Å²) in [4.78, 5) is 29.6. The van der Waals surface area contributed by atoms with Gasteiger partial charge in [-0.1, -0.05) is 18.6 Å². The van der Waals surface area contributed by atoms with Gasteiger partial charge < -0.3 is 9.88 Å². The molecule has 1 aliphatic rings. The number of hydrogen-bond acceptors (Lipinski definition) is 4. The second kappa shape index (κ2) is 8.19. The van der Waals surface area contributed by atoms with Crippen LogP contribution >= 0.6 is 0 Å². The maximum Gasteiger partial charge on any atom is 0.267 e. The number of aromatic nitrogens is 4. The van der Waals surface area contributed by atoms with Crippen LogP contribution in [0, 0.1) is 0 Å². The highest BCUT2D eigenvalue weighted by molar-refractivity contribution is 5.77. The van der Waals surface area contributed by atoms with E-state index in [9.17, 15) is 9.59 Å². The van der Waals surface area contributed by atoms with Gasteiger partial charge in [-0.3, -0.25) is 9.59 Å². The van der Waals surface area contributed by atoms with Crippen LogP contribution in [-0.4, -0.2) is 25.2 Å². The summed E-state index contributed by atoms with van der Waals surface area (Å²) in [7, 11) is 0. The van der Waals surface area contributed by atoms with Gasteiger partial charge >= 0.3 is 0 Å². The number of nitrogens with one attached hydrogen (secondary N) is 1. The number of para-hydroxylation sites is 2. The van der Waals surface area contributed by atoms with E-state index in [1.54, 1.807) is 6.07 Å². The lowest BCUT2D eigenvalue weighted by Crippen LogP contribution is -2.34. The monoisotopic (exact) mass is 393 g/mol. The Balaban J connectivity index is 1.49. The van der Waals surface area contributed by atoms with E-state index in [-0.39, 0.29) is 24.1 Å². The Morgan fingerprint density at radius 2 is 1.97 bits per heavy atom. The van der Waals surface area contributed by atoms with E-state index in [0.717, 1.165) is 60.2 Å². The molecule has 0 radical (unpaired) electrons. The van der Waals surface area contributed by atoms with Crippen molar-refractivity contribution < 1.29 is 4.79 Å². The minimum absolute atomic E-state index is 0.0754. The first-order valence-electron chi connectivity index (χ1n) is 10.4. The number of hydrogen-bond donors (Lipinski definition) is 1. The van der Waals surface area contributed by atoms with Crippen molar-refractivity contribution in [3.8, 4) is 0 Å². The number of fused-ring (bicyclic) bond motifs is 2. The zero-order valence-corrected chi connectivity index (χ0v) is 17.0. The summed E-state index contributed by atoms with van der Waals surface area (Å²) >= 11 is 0. The normalized spacial score (nSPS) is 14.0. The molecule has 1 aliphatic carbocycles. The number of carbonyl (C=O) groups is 1. The average Bonchev–Trinajstić information content (AvgIpc) is 2.92. The van der Waals surface area contributed by atoms with Crippen LogP contribution in [0.5, 0.6) is 0 Å². The van der Waals surface area contributed by atoms with E-state index in [2.05, 4.69) is 33.8 Å². The SMILES string of the molecule is CC(C)n1c(CNC(=O)Cn2nc3c(cc2=O)CCCCC3)nc2ccccc21. The molecule has 0 atom stereocenters. The lowest BCUT2D eigenvalue weighted by molar-refractivity contribution is -0.122. The van der Waals surface area contributed by atoms with Crippen LogP contribution in [0.4, 0.5) is 0 Å². The quantitative estimate of drug-likeness (QED) is 0.676. The summed E-state index contributed by atoms with van der Waals surface area (Å²) in [6, 6.07) is 9.83. The summed E-state index contributed by atoms with van der Waals surface area (Å²) in [6.45, 7) is 4.43. The van der Waals surface area contributed by atoms with Crippen molar-refractivity contribution in [2.45, 2.75) is 65.1 Å². The summed E-state index contributed by atoms with van der Waals surface area (Å²) in [5, 5.41) is 7.37. The van der Waals surface area contributed by atoms with Crippen LogP contribution in [0.2, 0.25) is 0 Å². The third-order valence-corrected chi connectivity index (χ3v) is 5.45. The Kier molecular flexibility index (Phi) is 5.47. The third kappa shape index (κ3) is 4.09. The van der Waals surface area contributed by atoms with Gasteiger partial charge in [0.15, 0.2) is 0 Å². The molecule has 7 heteroatoms. The molecule has 2 heterocycles. The first kappa shape index (κ1) is 19.4. The third-order valence-electron chi connectivity index (χ3n) is 5.45. The molecule has 1 amide bonds. The van der Waals surface area contributed by atoms with E-state index in [0.29, 0.717) is 6.54 Å². The number of aryl methyl sites for hydroxylation is 2. The van der Waals surface area contributed by atoms with Crippen LogP contribution in [0.25, 0.3) is 11.0 Å². The largest absolute Gasteiger partial charge is 0.347 e. The summed E-state index contributed by atoms with van der Waals surface area (Å²) < 4.78 is 3.41. The Morgan fingerprint density at radius 3 is 2.79 bits per heavy atom. The predicted molar refractivity (Wildman–Crippen MR) is 112 cm³/mol. The number of benzene rings is 1. The van der Waals surface area contributed by atoms with Crippen molar-refractivity contribution in [3.05, 3.63) is 57.8 Å². The molecule has 0 aliphatic heterocycles. The fourth-order valence-corrected chi connectivity index (χ4v) is 4.06. The fourth-order valence-electron chi connectivity index (χ4n) is 4.06. The zero-order chi connectivity index (χ0) is 20.4. The lowest BCUT2D eigenvalue weighted by Gasteiger charge is -2.14. The van der Waals surface area contributed by atoms with Crippen LogP contribution in [-0.2, 0) is 30.7 Å². The van der Waals surface area contributed by atoms with Crippen molar-refractivity contribution in [3.63, 3.8) is 0 Å². The molecule has 0 spiro atoms. The number of imidazole rings is 1. The number of amides is 1. The molecule has 1 aromatic carbocycles. The molecule has 0 saturated carbocycles. The Labute approximate surface area is 169 Å². The highest BCUT2D eigenvalue weighted by atomic mass is 16.2. The van der Waals surface area contributed by atoms with Gasteiger partial charge in [0, 0.05) is 12.1 Å². The van der Waals surface area contributed by atoms with Crippen LogP contribution in [0.15, 0.2) is 35.1 Å². The highest BCUT2D eigenvalue weighted by Gasteiger charge is 2.16. The van der Waals surface area contributed by atoms with E-state index in [1.807, 2.05) is 24.3 Å². The Bertz CT molecular complexity index is 1100. The first-order valence-corrected chi connectivity index (χ1v) is 10.4. The smallest absolute Gasteiger partial charge is 0.267 e. The molecule has 4 rings (SSSR count). The van der Waals surface area contributed by atoms with Crippen molar-refractivity contribution in [1.29, 1.82) is 0 Å². The van der Waals surface area contributed by atoms with Gasteiger partial charge in [0.05, 0.1) is 23.3 Å². The van der Waals surface area contributed by atoms with Gasteiger partial charge in [-0.2, -0.15) is 5.10 Å². The molecule has 152 valence electrons. The molecule has 2 aromatic heterocycles. The van der Waals surface area contributed by atoms with E-state index >= 15 is 0 Å². The Morgan fingerprint density at radius 1 is 1.17 bits per heavy atom. The maximum atomic E-state index is 12.5. The van der Waals surface area contributed by atoms with E-state index in [4.69, 9.17) is 0 Å². The maximum absolute atomic E-state index is 12.5. The Hall–Kier alpha value is -2.96. The number of nitrogens with zero attached hydrogens (tertiary/aromatic N) is 4. The average molecular weight is 393 g/mol. The number of rotatable bonds is 5. The molecule has 3 aromatic rings. The van der Waals surface area contributed by atoms with Crippen LogP contribution < -0.4 is 10.9 Å². The van der Waals surface area contributed by atoms with Crippen LogP contribution in [0.3, 0.4) is 0 Å². The van der Waals surface area contributed by atoms with Gasteiger partial charge in [0.25, 0.3) is 5.56 Å². The standard InChI is InChI=1S/C22H27N5O2/c1-15(2)27-19-11-7-6-10-18(19)24-20(27)13-23-21(28)14-26-22(29)12-16-8-4-3-5-9-17(16)25-26/h6-7,10-12,15H,3-5,8-9,13-14H2,1-2H3,(H,23,28). The van der Waals surface area contributed by atoms with Crippen LogP contribution in [0.1, 0.15) is 56.2 Å². The zero-order valence-electron chi connectivity index (χ0n) is 17.0. The van der Waals surface area contributed by atoms with Gasteiger partial charge in [-0.15, -0.1) is 0 Å². The minimum Gasteiger partial charge on any atom is -0.347 e. The molecule has 0 unspecified atom stereocenters. The molecule has 0 fully saturated rings. The fraction of sp³-hybridized carbons (Fsp3) is 0.455. The van der Waals surface area contributed by atoms with E-state index in [1.165, 1.54) is 4.68 Å². The molecular formula is C22H27N5O2. The summed E-state index contributed by atoms with van der Waals surface area (Å²) in [6.07, 6.45) is 5.10. The van der Waals surface area contributed by atoms with Crippen molar-refractivity contribution >= 4 is 16.9 Å². The summed E-state index contributed by atoms with van der Waals surface area (Å²) in [5.41, 5.74) is 3.74.